The van der Waals surface area contributed by atoms with Gasteiger partial charge in [0.15, 0.2) is 0 Å². The fraction of sp³-hybridized carbons (Fsp3) is 0.219. The van der Waals surface area contributed by atoms with Crippen LogP contribution in [-0.2, 0) is 26.5 Å². The van der Waals surface area contributed by atoms with Crippen LogP contribution in [0, 0.1) is 33.0 Å². The summed E-state index contributed by atoms with van der Waals surface area (Å²) in [6.45, 7) is 12.8. The fourth-order valence-electron chi connectivity index (χ4n) is 4.55. The first-order valence-electron chi connectivity index (χ1n) is 12.5. The second-order valence-electron chi connectivity index (χ2n) is 10.4. The van der Waals surface area contributed by atoms with Gasteiger partial charge in [0.1, 0.15) is 11.6 Å². The molecular weight excluding hydrogens is 649 g/mol. The van der Waals surface area contributed by atoms with Crippen molar-refractivity contribution < 1.29 is 21.1 Å². The van der Waals surface area contributed by atoms with Crippen molar-refractivity contribution >= 4 is 17.3 Å². The minimum atomic E-state index is -0.0691. The Bertz CT molecular complexity index is 1530. The van der Waals surface area contributed by atoms with Gasteiger partial charge in [0, 0.05) is 0 Å². The van der Waals surface area contributed by atoms with Gasteiger partial charge < -0.3 is 4.68 Å². The molecule has 0 bridgehead atoms. The predicted octanol–water partition coefficient (Wildman–Crippen LogP) is 7.62. The maximum atomic E-state index is 5.06. The van der Waals surface area contributed by atoms with Crippen LogP contribution < -0.4 is 4.90 Å². The molecular formula is C32H31N5Pt. The fourth-order valence-corrected chi connectivity index (χ4v) is 4.55. The average Bonchev–Trinajstić information content (AvgIpc) is 3.38. The first-order valence-corrected chi connectivity index (χ1v) is 12.5. The summed E-state index contributed by atoms with van der Waals surface area (Å²) in [5, 5.41) is 4.76. The van der Waals surface area contributed by atoms with E-state index in [-0.39, 0.29) is 26.5 Å². The molecule has 0 aliphatic heterocycles. The third-order valence-corrected chi connectivity index (χ3v) is 6.27. The monoisotopic (exact) mass is 680 g/mol. The molecule has 0 saturated carbocycles. The largest absolute Gasteiger partial charge is 2.00 e. The van der Waals surface area contributed by atoms with E-state index in [0.29, 0.717) is 5.82 Å². The van der Waals surface area contributed by atoms with Crippen molar-refractivity contribution in [2.75, 3.05) is 4.90 Å². The van der Waals surface area contributed by atoms with Gasteiger partial charge in [0.05, 0.1) is 11.5 Å². The first-order chi connectivity index (χ1) is 17.7. The molecule has 5 rings (SSSR count). The molecule has 194 valence electrons. The van der Waals surface area contributed by atoms with E-state index in [2.05, 4.69) is 70.8 Å². The summed E-state index contributed by atoms with van der Waals surface area (Å²) in [4.78, 5) is 12.2. The van der Waals surface area contributed by atoms with Crippen LogP contribution in [-0.4, -0.2) is 19.7 Å². The SMILES string of the molecule is Cc1cc(C)c(N(c2cccc(-c3[c-]cccc3)n2)c2cccc(-n3[c-]cc(C(C)(C)C)n3)n2)c(C)c1.[Pt+2]. The Morgan fingerprint density at radius 2 is 1.50 bits per heavy atom. The van der Waals surface area contributed by atoms with Gasteiger partial charge in [0.25, 0.3) is 0 Å². The standard InChI is InChI=1S/C32H31N5.Pt/c1-22-20-23(2)31(24(3)21-22)37(29-16-10-14-26(33-29)25-12-8-7-9-13-25)30-17-11-15-28(34-30)36-19-18-27(35-36)32(4,5)6;/h7-12,14-18,20-21H,1-6H3;/q-2;+2. The van der Waals surface area contributed by atoms with Gasteiger partial charge in [-0.25, -0.2) is 0 Å². The van der Waals surface area contributed by atoms with Gasteiger partial charge in [-0.1, -0.05) is 68.9 Å². The van der Waals surface area contributed by atoms with E-state index in [1.165, 1.54) is 5.56 Å². The van der Waals surface area contributed by atoms with Gasteiger partial charge in [-0.3, -0.25) is 20.0 Å². The van der Waals surface area contributed by atoms with E-state index in [1.807, 2.05) is 66.7 Å². The maximum absolute atomic E-state index is 5.06. The van der Waals surface area contributed by atoms with Crippen molar-refractivity contribution in [2.24, 2.45) is 0 Å². The van der Waals surface area contributed by atoms with Crippen molar-refractivity contribution in [3.05, 3.63) is 114 Å². The van der Waals surface area contributed by atoms with Crippen LogP contribution in [0.5, 0.6) is 0 Å². The minimum Gasteiger partial charge on any atom is -0.343 e. The van der Waals surface area contributed by atoms with Crippen LogP contribution in [0.2, 0.25) is 0 Å². The van der Waals surface area contributed by atoms with Crippen molar-refractivity contribution in [1.29, 1.82) is 0 Å². The molecule has 0 fully saturated rings. The molecule has 0 radical (unpaired) electrons. The molecule has 0 amide bonds. The third-order valence-electron chi connectivity index (χ3n) is 6.27. The van der Waals surface area contributed by atoms with Gasteiger partial charge in [0.2, 0.25) is 0 Å². The van der Waals surface area contributed by atoms with Crippen molar-refractivity contribution in [3.63, 3.8) is 0 Å². The van der Waals surface area contributed by atoms with Crippen molar-refractivity contribution in [3.8, 4) is 17.1 Å². The zero-order valence-corrected chi connectivity index (χ0v) is 24.8. The number of aryl methyl sites for hydroxylation is 3. The maximum Gasteiger partial charge on any atom is 2.00 e. The summed E-state index contributed by atoms with van der Waals surface area (Å²) in [6.07, 6.45) is 3.24. The molecule has 0 unspecified atom stereocenters. The molecule has 5 nitrogen and oxygen atoms in total. The van der Waals surface area contributed by atoms with Crippen LogP contribution in [0.15, 0.2) is 78.9 Å². The molecule has 0 atom stereocenters. The minimum absolute atomic E-state index is 0. The van der Waals surface area contributed by atoms with E-state index in [1.54, 1.807) is 4.68 Å². The van der Waals surface area contributed by atoms with E-state index >= 15 is 0 Å². The van der Waals surface area contributed by atoms with Gasteiger partial charge in [-0.2, -0.15) is 0 Å². The van der Waals surface area contributed by atoms with Crippen LogP contribution in [0.25, 0.3) is 17.1 Å². The Labute approximate surface area is 239 Å². The molecule has 5 aromatic rings. The molecule has 38 heavy (non-hydrogen) atoms. The molecule has 2 aromatic carbocycles. The normalized spacial score (nSPS) is 11.2. The number of pyridine rings is 2. The number of benzene rings is 2. The summed E-state index contributed by atoms with van der Waals surface area (Å²) >= 11 is 0. The molecule has 0 saturated heterocycles. The Morgan fingerprint density at radius 1 is 0.816 bits per heavy atom. The number of rotatable bonds is 5. The van der Waals surface area contributed by atoms with Gasteiger partial charge in [-0.15, -0.1) is 42.0 Å². The molecule has 6 heteroatoms. The second-order valence-corrected chi connectivity index (χ2v) is 10.4. The van der Waals surface area contributed by atoms with Crippen LogP contribution in [0.3, 0.4) is 0 Å². The van der Waals surface area contributed by atoms with Gasteiger partial charge >= 0.3 is 21.1 Å². The molecule has 3 heterocycles. The Hall–Kier alpha value is -3.56. The summed E-state index contributed by atoms with van der Waals surface area (Å²) in [5.41, 5.74) is 7.31. The Balaban J connectivity index is 0.00000336. The summed E-state index contributed by atoms with van der Waals surface area (Å²) < 4.78 is 1.72. The first kappa shape index (κ1) is 27.5. The van der Waals surface area contributed by atoms with Crippen LogP contribution in [0.4, 0.5) is 17.3 Å². The zero-order valence-electron chi connectivity index (χ0n) is 22.6. The van der Waals surface area contributed by atoms with E-state index in [9.17, 15) is 0 Å². The molecule has 0 aliphatic rings. The van der Waals surface area contributed by atoms with Crippen molar-refractivity contribution in [1.82, 2.24) is 19.7 Å². The number of aromatic nitrogens is 4. The van der Waals surface area contributed by atoms with E-state index in [0.717, 1.165) is 45.4 Å². The Morgan fingerprint density at radius 3 is 2.13 bits per heavy atom. The molecule has 0 aliphatic carbocycles. The molecule has 0 N–H and O–H groups in total. The number of hydrogen-bond donors (Lipinski definition) is 0. The summed E-state index contributed by atoms with van der Waals surface area (Å²) in [6, 6.07) is 29.6. The number of anilines is 3. The van der Waals surface area contributed by atoms with Crippen LogP contribution >= 0.6 is 0 Å². The number of nitrogens with zero attached hydrogens (tertiary/aromatic N) is 5. The van der Waals surface area contributed by atoms with E-state index < -0.39 is 0 Å². The third kappa shape index (κ3) is 5.63. The van der Waals surface area contributed by atoms with Gasteiger partial charge in [-0.05, 0) is 60.8 Å². The Kier molecular flexibility index (Phi) is 7.99. The zero-order chi connectivity index (χ0) is 26.2. The van der Waals surface area contributed by atoms with E-state index in [4.69, 9.17) is 15.1 Å². The average molecular weight is 681 g/mol. The van der Waals surface area contributed by atoms with Crippen molar-refractivity contribution in [2.45, 2.75) is 47.0 Å². The second kappa shape index (κ2) is 11.0. The topological polar surface area (TPSA) is 46.8 Å². The quantitative estimate of drug-likeness (QED) is 0.179. The number of hydrogen-bond acceptors (Lipinski definition) is 4. The summed E-state index contributed by atoms with van der Waals surface area (Å²) in [5.74, 6) is 2.25. The summed E-state index contributed by atoms with van der Waals surface area (Å²) in [7, 11) is 0. The smallest absolute Gasteiger partial charge is 0.343 e. The predicted molar refractivity (Wildman–Crippen MR) is 150 cm³/mol. The molecule has 3 aromatic heterocycles. The molecule has 0 spiro atoms. The van der Waals surface area contributed by atoms with Crippen LogP contribution in [0.1, 0.15) is 43.2 Å².